The molecule has 2 aromatic carbocycles. The van der Waals surface area contributed by atoms with Crippen molar-refractivity contribution in [2.75, 3.05) is 23.3 Å². The summed E-state index contributed by atoms with van der Waals surface area (Å²) in [7, 11) is -2.37. The summed E-state index contributed by atoms with van der Waals surface area (Å²) in [4.78, 5) is 38.0. The molecule has 9 nitrogen and oxygen atoms in total. The molecular weight excluding hydrogens is 490 g/mol. The van der Waals surface area contributed by atoms with Crippen LogP contribution < -0.4 is 14.9 Å². The number of hydrogen-bond acceptors (Lipinski definition) is 7. The number of ether oxygens (including phenoxy) is 1. The van der Waals surface area contributed by atoms with E-state index < -0.39 is 27.9 Å². The number of para-hydroxylation sites is 1. The highest BCUT2D eigenvalue weighted by Crippen LogP contribution is 2.33. The molecule has 0 fully saturated rings. The fraction of sp³-hybridized carbons (Fsp3) is 0.208. The Morgan fingerprint density at radius 1 is 0.971 bits per heavy atom. The second kappa shape index (κ2) is 10.7. The lowest BCUT2D eigenvalue weighted by atomic mass is 10.1. The van der Waals surface area contributed by atoms with Crippen molar-refractivity contribution >= 4 is 50.0 Å². The number of thiophene rings is 1. The van der Waals surface area contributed by atoms with E-state index in [0.29, 0.717) is 11.3 Å². The van der Waals surface area contributed by atoms with Gasteiger partial charge >= 0.3 is 6.09 Å². The number of sulfonamides is 1. The van der Waals surface area contributed by atoms with Gasteiger partial charge in [-0.3, -0.25) is 19.2 Å². The summed E-state index contributed by atoms with van der Waals surface area (Å²) < 4.78 is 31.8. The average Bonchev–Trinajstić information content (AvgIpc) is 3.11. The maximum atomic E-state index is 12.9. The van der Waals surface area contributed by atoms with Gasteiger partial charge in [-0.1, -0.05) is 18.2 Å². The molecule has 3 aromatic rings. The van der Waals surface area contributed by atoms with Crippen LogP contribution in [0.15, 0.2) is 59.5 Å². The van der Waals surface area contributed by atoms with E-state index in [0.717, 1.165) is 9.18 Å². The van der Waals surface area contributed by atoms with Crippen LogP contribution in [0.25, 0.3) is 0 Å². The zero-order chi connectivity index (χ0) is 25.8. The lowest BCUT2D eigenvalue weighted by Crippen LogP contribution is -2.32. The molecule has 0 aliphatic carbocycles. The third-order valence-electron chi connectivity index (χ3n) is 5.23. The number of imide groups is 1. The van der Waals surface area contributed by atoms with Crippen molar-refractivity contribution < 1.29 is 27.5 Å². The Morgan fingerprint density at radius 2 is 1.60 bits per heavy atom. The number of carbonyl (C=O) groups is 3. The van der Waals surface area contributed by atoms with Crippen molar-refractivity contribution in [2.24, 2.45) is 0 Å². The largest absolute Gasteiger partial charge is 0.450 e. The summed E-state index contributed by atoms with van der Waals surface area (Å²) in [5.74, 6) is -1.22. The summed E-state index contributed by atoms with van der Waals surface area (Å²) in [5.41, 5.74) is 1.49. The SMILES string of the molecule is CCOC(=O)NC(=O)c1c(NC(=O)c2ccc(S(=O)(=O)N(C)c3ccccc3)cc2)sc(C)c1C. The molecule has 2 N–H and O–H groups in total. The van der Waals surface area contributed by atoms with Crippen molar-refractivity contribution in [1.29, 1.82) is 0 Å². The molecule has 35 heavy (non-hydrogen) atoms. The number of rotatable bonds is 7. The molecule has 0 radical (unpaired) electrons. The van der Waals surface area contributed by atoms with Crippen LogP contribution in [0.3, 0.4) is 0 Å². The van der Waals surface area contributed by atoms with Crippen LogP contribution >= 0.6 is 11.3 Å². The standard InChI is InChI=1S/C24H25N3O6S2/c1-5-33-24(30)26-22(29)20-15(2)16(3)34-23(20)25-21(28)17-11-13-19(14-12-17)35(31,32)27(4)18-9-7-6-8-10-18/h6-14H,5H2,1-4H3,(H,25,28)(H,26,29,30). The van der Waals surface area contributed by atoms with Crippen molar-refractivity contribution in [3.05, 3.63) is 76.2 Å². The fourth-order valence-electron chi connectivity index (χ4n) is 3.20. The molecule has 1 heterocycles. The number of carbonyl (C=O) groups excluding carboxylic acids is 3. The molecule has 0 aliphatic heterocycles. The molecule has 0 saturated carbocycles. The van der Waals surface area contributed by atoms with Crippen LogP contribution in [0.1, 0.15) is 38.1 Å². The topological polar surface area (TPSA) is 122 Å². The fourth-order valence-corrected chi connectivity index (χ4v) is 5.45. The number of alkyl carbamates (subject to hydrolysis) is 1. The second-order valence-electron chi connectivity index (χ2n) is 7.45. The Labute approximate surface area is 207 Å². The van der Waals surface area contributed by atoms with Crippen LogP contribution in [0.5, 0.6) is 0 Å². The predicted octanol–water partition coefficient (Wildman–Crippen LogP) is 4.33. The summed E-state index contributed by atoms with van der Waals surface area (Å²) in [6.45, 7) is 5.23. The van der Waals surface area contributed by atoms with Crippen molar-refractivity contribution in [2.45, 2.75) is 25.7 Å². The van der Waals surface area contributed by atoms with E-state index in [1.54, 1.807) is 51.1 Å². The van der Waals surface area contributed by atoms with Gasteiger partial charge in [0.05, 0.1) is 22.8 Å². The number of nitrogens with zero attached hydrogens (tertiary/aromatic N) is 1. The molecule has 0 bridgehead atoms. The molecule has 11 heteroatoms. The number of benzene rings is 2. The Balaban J connectivity index is 1.80. The lowest BCUT2D eigenvalue weighted by molar-refractivity contribution is 0.0925. The summed E-state index contributed by atoms with van der Waals surface area (Å²) in [6.07, 6.45) is -0.879. The zero-order valence-corrected chi connectivity index (χ0v) is 21.2. The molecule has 0 atom stereocenters. The normalized spacial score (nSPS) is 11.0. The van der Waals surface area contributed by atoms with E-state index in [-0.39, 0.29) is 27.6 Å². The predicted molar refractivity (Wildman–Crippen MR) is 135 cm³/mol. The van der Waals surface area contributed by atoms with E-state index in [1.165, 1.54) is 42.6 Å². The van der Waals surface area contributed by atoms with Gasteiger partial charge in [0.2, 0.25) is 0 Å². The number of aryl methyl sites for hydroxylation is 1. The molecule has 0 saturated heterocycles. The minimum Gasteiger partial charge on any atom is -0.450 e. The van der Waals surface area contributed by atoms with Gasteiger partial charge in [0, 0.05) is 17.5 Å². The molecule has 1 aromatic heterocycles. The second-order valence-corrected chi connectivity index (χ2v) is 10.6. The molecule has 0 aliphatic rings. The van der Waals surface area contributed by atoms with Gasteiger partial charge in [0.1, 0.15) is 5.00 Å². The highest BCUT2D eigenvalue weighted by molar-refractivity contribution is 7.92. The minimum atomic E-state index is -3.82. The third kappa shape index (κ3) is 5.69. The van der Waals surface area contributed by atoms with Crippen LogP contribution in [0.4, 0.5) is 15.5 Å². The van der Waals surface area contributed by atoms with Gasteiger partial charge in [-0.15, -0.1) is 11.3 Å². The Hall–Kier alpha value is -3.70. The maximum absolute atomic E-state index is 12.9. The molecule has 3 amide bonds. The van der Waals surface area contributed by atoms with Crippen molar-refractivity contribution in [3.8, 4) is 0 Å². The van der Waals surface area contributed by atoms with E-state index >= 15 is 0 Å². The summed E-state index contributed by atoms with van der Waals surface area (Å²) in [5, 5.41) is 5.10. The number of nitrogens with one attached hydrogen (secondary N) is 2. The van der Waals surface area contributed by atoms with Crippen LogP contribution in [0.2, 0.25) is 0 Å². The molecule has 0 spiro atoms. The highest BCUT2D eigenvalue weighted by Gasteiger charge is 2.24. The monoisotopic (exact) mass is 515 g/mol. The van der Waals surface area contributed by atoms with E-state index in [2.05, 4.69) is 10.6 Å². The van der Waals surface area contributed by atoms with E-state index in [4.69, 9.17) is 4.74 Å². The first-order valence-corrected chi connectivity index (χ1v) is 12.8. The summed E-state index contributed by atoms with van der Waals surface area (Å²) >= 11 is 1.19. The van der Waals surface area contributed by atoms with Gasteiger partial charge in [0.25, 0.3) is 21.8 Å². The van der Waals surface area contributed by atoms with E-state index in [1.807, 2.05) is 0 Å². The van der Waals surface area contributed by atoms with E-state index in [9.17, 15) is 22.8 Å². The highest BCUT2D eigenvalue weighted by atomic mass is 32.2. The van der Waals surface area contributed by atoms with Crippen LogP contribution in [-0.4, -0.2) is 40.0 Å². The first-order chi connectivity index (χ1) is 16.6. The van der Waals surface area contributed by atoms with Crippen molar-refractivity contribution in [3.63, 3.8) is 0 Å². The molecule has 0 unspecified atom stereocenters. The Morgan fingerprint density at radius 3 is 2.20 bits per heavy atom. The molecular formula is C24H25N3O6S2. The van der Waals surface area contributed by atoms with Gasteiger partial charge in [0.15, 0.2) is 0 Å². The van der Waals surface area contributed by atoms with Gasteiger partial charge in [-0.2, -0.15) is 0 Å². The summed E-state index contributed by atoms with van der Waals surface area (Å²) in [6, 6.07) is 14.1. The molecule has 184 valence electrons. The number of hydrogen-bond donors (Lipinski definition) is 2. The Kier molecular flexibility index (Phi) is 7.92. The Bertz CT molecular complexity index is 1350. The minimum absolute atomic E-state index is 0.0257. The number of amides is 3. The first kappa shape index (κ1) is 25.9. The lowest BCUT2D eigenvalue weighted by Gasteiger charge is -2.19. The first-order valence-electron chi connectivity index (χ1n) is 10.6. The molecule has 3 rings (SSSR count). The van der Waals surface area contributed by atoms with Crippen LogP contribution in [-0.2, 0) is 14.8 Å². The van der Waals surface area contributed by atoms with Gasteiger partial charge < -0.3 is 10.1 Å². The van der Waals surface area contributed by atoms with Crippen LogP contribution in [0, 0.1) is 13.8 Å². The average molecular weight is 516 g/mol. The quantitative estimate of drug-likeness (QED) is 0.483. The number of anilines is 2. The van der Waals surface area contributed by atoms with Gasteiger partial charge in [-0.25, -0.2) is 13.2 Å². The zero-order valence-electron chi connectivity index (χ0n) is 19.6. The maximum Gasteiger partial charge on any atom is 0.414 e. The van der Waals surface area contributed by atoms with Gasteiger partial charge in [-0.05, 0) is 62.7 Å². The van der Waals surface area contributed by atoms with Crippen molar-refractivity contribution in [1.82, 2.24) is 5.32 Å². The smallest absolute Gasteiger partial charge is 0.414 e. The third-order valence-corrected chi connectivity index (χ3v) is 8.15.